The number of hydrogen-bond acceptors (Lipinski definition) is 7. The predicted molar refractivity (Wildman–Crippen MR) is 610 cm³/mol. The van der Waals surface area contributed by atoms with E-state index in [1.807, 2.05) is 48.5 Å². The van der Waals surface area contributed by atoms with Crippen molar-refractivity contribution >= 4 is 154 Å². The first kappa shape index (κ1) is 91.0. The van der Waals surface area contributed by atoms with Gasteiger partial charge in [-0.2, -0.15) is 0 Å². The fraction of sp³-hybridized carbons (Fsp3) is 0.0870. The van der Waals surface area contributed by atoms with Crippen LogP contribution in [0.3, 0.4) is 0 Å². The van der Waals surface area contributed by atoms with Crippen LogP contribution in [-0.4, -0.2) is 0 Å². The van der Waals surface area contributed by atoms with Crippen molar-refractivity contribution in [1.29, 1.82) is 0 Å². The molecule has 7 heteroatoms. The molecule has 0 atom stereocenters. The van der Waals surface area contributed by atoms with Gasteiger partial charge in [0.1, 0.15) is 78.2 Å². The summed E-state index contributed by atoms with van der Waals surface area (Å²) in [6.45, 7) is 25.5. The third kappa shape index (κ3) is 17.9. The third-order valence-electron chi connectivity index (χ3n) is 28.0. The smallest absolute Gasteiger partial charge is 0.143 e. The molecule has 21 aromatic carbocycles. The Morgan fingerprint density at radius 3 is 0.759 bits per heavy atom. The highest BCUT2D eigenvalue weighted by Gasteiger charge is 2.23. The van der Waals surface area contributed by atoms with E-state index in [-0.39, 0.29) is 0 Å². The summed E-state index contributed by atoms with van der Waals surface area (Å²) in [7, 11) is 0. The number of furan rings is 7. The van der Waals surface area contributed by atoms with Crippen molar-refractivity contribution in [1.82, 2.24) is 0 Å². The Morgan fingerprint density at radius 2 is 0.359 bits per heavy atom. The Labute approximate surface area is 842 Å². The van der Waals surface area contributed by atoms with Crippen LogP contribution >= 0.6 is 0 Å². The van der Waals surface area contributed by atoms with Crippen molar-refractivity contribution in [3.8, 4) is 89.0 Å². The Morgan fingerprint density at radius 1 is 0.110 bits per heavy atom. The molecule has 0 saturated heterocycles. The number of hydrogen-bond donors (Lipinski definition) is 0. The van der Waals surface area contributed by atoms with Gasteiger partial charge >= 0.3 is 0 Å². The Hall–Kier alpha value is -17.8. The molecule has 0 fully saturated rings. The molecule has 0 unspecified atom stereocenters. The summed E-state index contributed by atoms with van der Waals surface area (Å²) < 4.78 is 43.2. The molecule has 0 N–H and O–H groups in total. The van der Waals surface area contributed by atoms with Crippen LogP contribution < -0.4 is 0 Å². The standard InChI is InChI=1S/C26H18O2.2C26H20O.3C20H16O/c1-15-7-9-24-20(11-15)21-13-17(8-10-25(21)27-24)18-12-16(2)26-22(14-18)19-5-3-4-6-23(19)28-26;1-17-7-3-9-19(15-17)21-11-5-13-23-24-14-6-12-22(26(24)27-25(21)23)20-10-4-8-18(2)16-20;1-17-7-5-9-19(13-17)21-15-23(20-10-6-8-18(2)14-20)26-24(16-21)22-11-3-4-12-25(22)27-26;1-13-6-3-8-15(12-13)16-9-5-11-18-17-10-4-7-14(2)19(17)21-20(16)18;1-13-6-5-7-15(10-13)16-11-14(2)20-18(12-16)17-8-3-4-9-19(17)21-20;1-13-6-5-7-15(10-13)17-11-14(2)12-18-16-8-3-4-9-19(16)21-20(17)18/h3-14H,1-2H3;2*3-16H,1-2H3;3*3-12H,1-2H3. The van der Waals surface area contributed by atoms with Gasteiger partial charge in [0.15, 0.2) is 0 Å². The number of fused-ring (bicyclic) bond motifs is 21. The van der Waals surface area contributed by atoms with Crippen LogP contribution in [0.1, 0.15) is 66.8 Å². The minimum absolute atomic E-state index is 0.927. The Kier molecular flexibility index (Phi) is 24.1. The van der Waals surface area contributed by atoms with Crippen LogP contribution in [0.15, 0.2) is 456 Å². The maximum absolute atomic E-state index is 6.50. The average molecular weight is 1880 g/mol. The van der Waals surface area contributed by atoms with Gasteiger partial charge in [-0.1, -0.05) is 372 Å². The molecule has 0 aliphatic carbocycles. The second-order valence-electron chi connectivity index (χ2n) is 38.9. The van der Waals surface area contributed by atoms with Crippen molar-refractivity contribution in [3.63, 3.8) is 0 Å². The van der Waals surface area contributed by atoms with Gasteiger partial charge in [0, 0.05) is 103 Å². The van der Waals surface area contributed by atoms with E-state index in [4.69, 9.17) is 30.9 Å². The number of aryl methyl sites for hydroxylation is 12. The van der Waals surface area contributed by atoms with E-state index >= 15 is 0 Å². The summed E-state index contributed by atoms with van der Waals surface area (Å²) in [5.41, 5.74) is 47.3. The molecule has 28 aromatic rings. The SMILES string of the molecule is Cc1ccc2oc3ccc(-c4cc(C)c5oc6ccccc6c5c4)cc3c2c1.Cc1cccc(-c2cc(-c3cccc(C)c3)c3oc4ccccc4c3c2)c1.Cc1cccc(-c2cc(C)c3oc4ccccc4c3c2)c1.Cc1cccc(-c2cc(C)cc3c2oc2ccccc23)c1.Cc1cccc(-c2cccc3c2oc2c(-c4cccc(C)c4)cccc23)c1.Cc1cccc(-c2cccc3c2oc2c(C)cccc23)c1. The molecule has 145 heavy (non-hydrogen) atoms. The van der Waals surface area contributed by atoms with Gasteiger partial charge in [0.05, 0.1) is 0 Å². The molecule has 0 aliphatic heterocycles. The largest absolute Gasteiger partial charge is 0.456 e. The maximum Gasteiger partial charge on any atom is 0.143 e. The summed E-state index contributed by atoms with van der Waals surface area (Å²) in [5, 5.41) is 16.5. The van der Waals surface area contributed by atoms with Crippen LogP contribution in [0.4, 0.5) is 0 Å². The lowest BCUT2D eigenvalue weighted by Crippen LogP contribution is -1.85. The monoisotopic (exact) mass is 1870 g/mol. The zero-order valence-corrected chi connectivity index (χ0v) is 83.3. The normalized spacial score (nSPS) is 11.4. The van der Waals surface area contributed by atoms with E-state index < -0.39 is 0 Å². The van der Waals surface area contributed by atoms with Crippen LogP contribution in [0, 0.1) is 83.1 Å². The molecule has 7 nitrogen and oxygen atoms in total. The number of benzene rings is 21. The fourth-order valence-corrected chi connectivity index (χ4v) is 21.0. The molecule has 7 aromatic heterocycles. The molecular weight excluding hydrogens is 1770 g/mol. The zero-order valence-electron chi connectivity index (χ0n) is 83.3. The summed E-state index contributed by atoms with van der Waals surface area (Å²) in [6, 6.07) is 149. The van der Waals surface area contributed by atoms with Crippen LogP contribution in [-0.2, 0) is 0 Å². The molecule has 0 saturated carbocycles. The summed E-state index contributed by atoms with van der Waals surface area (Å²) in [6.07, 6.45) is 0. The summed E-state index contributed by atoms with van der Waals surface area (Å²) >= 11 is 0. The molecule has 0 amide bonds. The van der Waals surface area contributed by atoms with E-state index in [1.165, 1.54) is 187 Å². The average Bonchev–Trinajstić information content (AvgIpc) is 1.60. The second-order valence-corrected chi connectivity index (χ2v) is 38.9. The minimum Gasteiger partial charge on any atom is -0.456 e. The molecule has 0 aliphatic rings. The fourth-order valence-electron chi connectivity index (χ4n) is 21.0. The van der Waals surface area contributed by atoms with E-state index in [2.05, 4.69) is 459 Å². The molecule has 0 radical (unpaired) electrons. The van der Waals surface area contributed by atoms with Crippen LogP contribution in [0.25, 0.3) is 243 Å². The van der Waals surface area contributed by atoms with Gasteiger partial charge in [-0.25, -0.2) is 0 Å². The maximum atomic E-state index is 6.50. The molecule has 7 heterocycles. The predicted octanol–water partition coefficient (Wildman–Crippen LogP) is 40.5. The first-order valence-corrected chi connectivity index (χ1v) is 49.7. The van der Waals surface area contributed by atoms with Crippen molar-refractivity contribution in [2.45, 2.75) is 83.1 Å². The summed E-state index contributed by atoms with van der Waals surface area (Å²) in [5.74, 6) is 0. The molecular formula is C138H106O7. The lowest BCUT2D eigenvalue weighted by atomic mass is 9.94. The lowest BCUT2D eigenvalue weighted by molar-refractivity contribution is 0.665. The van der Waals surface area contributed by atoms with E-state index in [0.29, 0.717) is 0 Å². The van der Waals surface area contributed by atoms with E-state index in [1.54, 1.807) is 0 Å². The van der Waals surface area contributed by atoms with Gasteiger partial charge in [-0.05, 0) is 264 Å². The van der Waals surface area contributed by atoms with Gasteiger partial charge in [0.2, 0.25) is 0 Å². The Bertz CT molecular complexity index is 9780. The van der Waals surface area contributed by atoms with Crippen LogP contribution in [0.5, 0.6) is 0 Å². The van der Waals surface area contributed by atoms with E-state index in [9.17, 15) is 0 Å². The van der Waals surface area contributed by atoms with Crippen molar-refractivity contribution in [3.05, 3.63) is 491 Å². The molecule has 28 rings (SSSR count). The highest BCUT2D eigenvalue weighted by molar-refractivity contribution is 6.17. The van der Waals surface area contributed by atoms with Gasteiger partial charge in [-0.3, -0.25) is 0 Å². The topological polar surface area (TPSA) is 92.0 Å². The highest BCUT2D eigenvalue weighted by atomic mass is 16.4. The lowest BCUT2D eigenvalue weighted by Gasteiger charge is -2.09. The minimum atomic E-state index is 0.927. The quantitative estimate of drug-likeness (QED) is 0.150. The van der Waals surface area contributed by atoms with Gasteiger partial charge < -0.3 is 30.9 Å². The summed E-state index contributed by atoms with van der Waals surface area (Å²) in [4.78, 5) is 0. The van der Waals surface area contributed by atoms with Crippen molar-refractivity contribution < 1.29 is 30.9 Å². The number of para-hydroxylation sites is 8. The highest BCUT2D eigenvalue weighted by Crippen LogP contribution is 2.47. The first-order chi connectivity index (χ1) is 70.7. The number of rotatable bonds is 8. The van der Waals surface area contributed by atoms with Gasteiger partial charge in [0.25, 0.3) is 0 Å². The molecule has 0 spiro atoms. The zero-order chi connectivity index (χ0) is 98.8. The van der Waals surface area contributed by atoms with Crippen molar-refractivity contribution in [2.75, 3.05) is 0 Å². The second kappa shape index (κ2) is 38.3. The molecule has 0 bridgehead atoms. The van der Waals surface area contributed by atoms with E-state index in [0.717, 1.165) is 122 Å². The molecule has 700 valence electrons. The van der Waals surface area contributed by atoms with Crippen LogP contribution in [0.2, 0.25) is 0 Å². The van der Waals surface area contributed by atoms with Crippen molar-refractivity contribution in [2.24, 2.45) is 0 Å². The third-order valence-corrected chi connectivity index (χ3v) is 28.0. The van der Waals surface area contributed by atoms with Gasteiger partial charge in [-0.15, -0.1) is 0 Å². The Balaban J connectivity index is 0.0000000966. The first-order valence-electron chi connectivity index (χ1n) is 49.7.